The number of ketones is 2. The summed E-state index contributed by atoms with van der Waals surface area (Å²) in [5, 5.41) is 10.9. The molecule has 0 aliphatic heterocycles. The minimum Gasteiger partial charge on any atom is -0.385 e. The normalized spacial score (nSPS) is 46.2. The summed E-state index contributed by atoms with van der Waals surface area (Å²) in [6.07, 6.45) is 6.98. The maximum absolute atomic E-state index is 12.3. The molecule has 0 bridgehead atoms. The van der Waals surface area contributed by atoms with Crippen LogP contribution in [-0.2, 0) is 9.59 Å². The number of allylic oxidation sites excluding steroid dienone is 1. The molecule has 1 N–H and O–H groups in total. The summed E-state index contributed by atoms with van der Waals surface area (Å²) in [5.41, 5.74) is 1.64. The summed E-state index contributed by atoms with van der Waals surface area (Å²) in [6.45, 7) is 2.17. The van der Waals surface area contributed by atoms with Gasteiger partial charge in [-0.1, -0.05) is 12.5 Å². The Bertz CT molecular complexity index is 561. The highest BCUT2D eigenvalue weighted by atomic mass is 16.3. The second-order valence-corrected chi connectivity index (χ2v) is 7.88. The van der Waals surface area contributed by atoms with Gasteiger partial charge in [0.05, 0.1) is 5.60 Å². The molecular weight excluding hydrogens is 264 g/mol. The zero-order valence-corrected chi connectivity index (χ0v) is 12.8. The number of Topliss-reactive ketones (excluding diaryl/α,β-unsaturated/α-hetero) is 2. The maximum atomic E-state index is 12.3. The minimum absolute atomic E-state index is 0.116. The molecule has 4 aliphatic carbocycles. The highest BCUT2D eigenvalue weighted by Gasteiger charge is 2.55. The predicted molar refractivity (Wildman–Crippen MR) is 78.6 cm³/mol. The Kier molecular flexibility index (Phi) is 2.79. The number of hydrogen-bond donors (Lipinski definition) is 1. The number of carbonyl (C=O) groups excluding carboxylic acids is 2. The number of hydrogen-bond acceptors (Lipinski definition) is 3. The fraction of sp³-hybridized carbons (Fsp3) is 0.778. The van der Waals surface area contributed by atoms with Gasteiger partial charge in [0.15, 0.2) is 0 Å². The topological polar surface area (TPSA) is 54.4 Å². The average molecular weight is 288 g/mol. The van der Waals surface area contributed by atoms with Crippen molar-refractivity contribution in [3.8, 4) is 0 Å². The van der Waals surface area contributed by atoms with Crippen molar-refractivity contribution in [2.75, 3.05) is 0 Å². The van der Waals surface area contributed by atoms with E-state index in [9.17, 15) is 14.7 Å². The molecule has 0 spiro atoms. The lowest BCUT2D eigenvalue weighted by Gasteiger charge is -2.50. The highest BCUT2D eigenvalue weighted by Crippen LogP contribution is 2.59. The Morgan fingerprint density at radius 2 is 1.86 bits per heavy atom. The van der Waals surface area contributed by atoms with Crippen molar-refractivity contribution in [1.29, 1.82) is 0 Å². The maximum Gasteiger partial charge on any atom is 0.139 e. The van der Waals surface area contributed by atoms with Crippen LogP contribution in [0.4, 0.5) is 0 Å². The van der Waals surface area contributed by atoms with E-state index in [0.717, 1.165) is 38.5 Å². The minimum atomic E-state index is -0.850. The molecule has 21 heavy (non-hydrogen) atoms. The van der Waals surface area contributed by atoms with Crippen molar-refractivity contribution < 1.29 is 14.7 Å². The number of fused-ring (bicyclic) bond motifs is 4. The van der Waals surface area contributed by atoms with Crippen LogP contribution in [0.5, 0.6) is 0 Å². The molecule has 114 valence electrons. The third kappa shape index (κ3) is 1.76. The smallest absolute Gasteiger partial charge is 0.139 e. The molecule has 0 unspecified atom stereocenters. The van der Waals surface area contributed by atoms with Crippen LogP contribution in [0.2, 0.25) is 0 Å². The van der Waals surface area contributed by atoms with Crippen LogP contribution in [0.1, 0.15) is 64.7 Å². The Morgan fingerprint density at radius 1 is 1.05 bits per heavy atom. The monoisotopic (exact) mass is 288 g/mol. The van der Waals surface area contributed by atoms with Gasteiger partial charge in [-0.3, -0.25) is 9.59 Å². The molecule has 0 aromatic heterocycles. The quantitative estimate of drug-likeness (QED) is 0.697. The van der Waals surface area contributed by atoms with E-state index in [4.69, 9.17) is 0 Å². The van der Waals surface area contributed by atoms with Crippen molar-refractivity contribution in [2.45, 2.75) is 70.3 Å². The lowest BCUT2D eigenvalue weighted by atomic mass is 9.55. The van der Waals surface area contributed by atoms with Gasteiger partial charge in [0.2, 0.25) is 0 Å². The molecule has 0 aromatic rings. The summed E-state index contributed by atoms with van der Waals surface area (Å²) < 4.78 is 0. The molecule has 0 saturated heterocycles. The van der Waals surface area contributed by atoms with Crippen molar-refractivity contribution in [2.24, 2.45) is 17.3 Å². The van der Waals surface area contributed by atoms with E-state index in [0.29, 0.717) is 36.9 Å². The predicted octanol–water partition coefficient (Wildman–Crippen LogP) is 2.96. The zero-order chi connectivity index (χ0) is 14.8. The molecule has 4 rings (SSSR count). The van der Waals surface area contributed by atoms with Gasteiger partial charge in [0, 0.05) is 24.7 Å². The molecular formula is C18H24O3. The molecule has 0 radical (unpaired) electrons. The van der Waals surface area contributed by atoms with Crippen LogP contribution >= 0.6 is 0 Å². The molecule has 0 amide bonds. The van der Waals surface area contributed by atoms with Crippen LogP contribution in [0.25, 0.3) is 0 Å². The van der Waals surface area contributed by atoms with Gasteiger partial charge in [-0.05, 0) is 55.9 Å². The summed E-state index contributed by atoms with van der Waals surface area (Å²) in [4.78, 5) is 24.0. The first-order chi connectivity index (χ1) is 9.94. The van der Waals surface area contributed by atoms with E-state index in [1.165, 1.54) is 11.1 Å². The van der Waals surface area contributed by atoms with Crippen molar-refractivity contribution in [3.05, 3.63) is 11.1 Å². The van der Waals surface area contributed by atoms with Gasteiger partial charge >= 0.3 is 0 Å². The van der Waals surface area contributed by atoms with Gasteiger partial charge in [-0.15, -0.1) is 0 Å². The second kappa shape index (κ2) is 4.28. The van der Waals surface area contributed by atoms with Crippen LogP contribution in [-0.4, -0.2) is 22.3 Å². The average Bonchev–Trinajstić information content (AvgIpc) is 2.73. The van der Waals surface area contributed by atoms with Crippen molar-refractivity contribution in [3.63, 3.8) is 0 Å². The Hall–Kier alpha value is -0.960. The van der Waals surface area contributed by atoms with Gasteiger partial charge in [0.25, 0.3) is 0 Å². The Morgan fingerprint density at radius 3 is 2.67 bits per heavy atom. The number of aliphatic hydroxyl groups is 1. The van der Waals surface area contributed by atoms with Gasteiger partial charge in [-0.25, -0.2) is 0 Å². The molecule has 0 aromatic carbocycles. The SMILES string of the molecule is C[C@]12CCC3=C4CCC(=O)C[C@]4(O)CC[C@H]3[C@@H]1CCC2=O. The van der Waals surface area contributed by atoms with Crippen molar-refractivity contribution in [1.82, 2.24) is 0 Å². The van der Waals surface area contributed by atoms with Gasteiger partial charge in [-0.2, -0.15) is 0 Å². The first kappa shape index (κ1) is 13.7. The Balaban J connectivity index is 1.75. The first-order valence-corrected chi connectivity index (χ1v) is 8.44. The highest BCUT2D eigenvalue weighted by molar-refractivity contribution is 5.87. The van der Waals surface area contributed by atoms with E-state index >= 15 is 0 Å². The molecule has 0 heterocycles. The summed E-state index contributed by atoms with van der Waals surface area (Å²) in [7, 11) is 0. The largest absolute Gasteiger partial charge is 0.385 e. The van der Waals surface area contributed by atoms with Gasteiger partial charge in [0.1, 0.15) is 11.6 Å². The first-order valence-electron chi connectivity index (χ1n) is 8.44. The molecule has 3 fully saturated rings. The molecule has 3 heteroatoms. The zero-order valence-electron chi connectivity index (χ0n) is 12.8. The number of rotatable bonds is 0. The third-order valence-corrected chi connectivity index (χ3v) is 6.95. The van der Waals surface area contributed by atoms with Crippen LogP contribution in [0.15, 0.2) is 11.1 Å². The molecule has 4 aliphatic rings. The standard InChI is InChI=1S/C18H24O3/c1-17-8-6-13-12(14(17)4-5-16(17)20)7-9-18(21)10-11(19)2-3-15(13)18/h12,14,21H,2-10H2,1H3/t12-,14+,17+,18-/m1/s1. The third-order valence-electron chi connectivity index (χ3n) is 6.95. The van der Waals surface area contributed by atoms with Crippen LogP contribution in [0, 0.1) is 17.3 Å². The number of carbonyl (C=O) groups is 2. The van der Waals surface area contributed by atoms with E-state index < -0.39 is 5.60 Å². The van der Waals surface area contributed by atoms with Crippen molar-refractivity contribution >= 4 is 11.6 Å². The fourth-order valence-corrected chi connectivity index (χ4v) is 5.75. The van der Waals surface area contributed by atoms with Crippen LogP contribution in [0.3, 0.4) is 0 Å². The van der Waals surface area contributed by atoms with Gasteiger partial charge < -0.3 is 5.11 Å². The fourth-order valence-electron chi connectivity index (χ4n) is 5.75. The summed E-state index contributed by atoms with van der Waals surface area (Å²) in [6, 6.07) is 0. The lowest BCUT2D eigenvalue weighted by molar-refractivity contribution is -0.128. The molecule has 3 saturated carbocycles. The van der Waals surface area contributed by atoms with E-state index in [2.05, 4.69) is 6.92 Å². The molecule has 3 nitrogen and oxygen atoms in total. The lowest BCUT2D eigenvalue weighted by Crippen LogP contribution is -2.47. The van der Waals surface area contributed by atoms with Crippen LogP contribution < -0.4 is 0 Å². The van der Waals surface area contributed by atoms with E-state index in [1.54, 1.807) is 0 Å². The summed E-state index contributed by atoms with van der Waals surface area (Å²) >= 11 is 0. The molecule has 4 atom stereocenters. The second-order valence-electron chi connectivity index (χ2n) is 7.88. The Labute approximate surface area is 125 Å². The summed E-state index contributed by atoms with van der Waals surface area (Å²) in [5.74, 6) is 1.62. The van der Waals surface area contributed by atoms with E-state index in [1.807, 2.05) is 0 Å². The van der Waals surface area contributed by atoms with E-state index in [-0.39, 0.29) is 11.2 Å².